The molecular weight excluding hydrogens is 260 g/mol. The molecule has 0 aromatic carbocycles. The zero-order valence-electron chi connectivity index (χ0n) is 12.7. The minimum atomic E-state index is -3.11. The highest BCUT2D eigenvalue weighted by Gasteiger charge is 2.28. The van der Waals surface area contributed by atoms with E-state index in [1.807, 2.05) is 0 Å². The van der Waals surface area contributed by atoms with E-state index in [-0.39, 0.29) is 11.2 Å². The van der Waals surface area contributed by atoms with Crippen LogP contribution >= 0.6 is 0 Å². The second-order valence-corrected chi connectivity index (χ2v) is 8.40. The monoisotopic (exact) mass is 290 g/mol. The standard InChI is InChI=1S/C14H30N2O2S/c1-13(2)15-10-7-11-19(17,18)16-12-14(3)8-5-4-6-9-14/h13,15-16H,4-12H2,1-3H3. The average molecular weight is 290 g/mol. The molecule has 1 fully saturated rings. The molecule has 0 unspecified atom stereocenters. The van der Waals surface area contributed by atoms with Crippen molar-refractivity contribution < 1.29 is 8.42 Å². The van der Waals surface area contributed by atoms with Gasteiger partial charge in [0.05, 0.1) is 5.75 Å². The lowest BCUT2D eigenvalue weighted by molar-refractivity contribution is 0.219. The van der Waals surface area contributed by atoms with E-state index >= 15 is 0 Å². The molecule has 4 nitrogen and oxygen atoms in total. The predicted octanol–water partition coefficient (Wildman–Crippen LogP) is 2.26. The Morgan fingerprint density at radius 2 is 1.79 bits per heavy atom. The largest absolute Gasteiger partial charge is 0.314 e. The molecule has 1 aliphatic carbocycles. The molecule has 1 rings (SSSR count). The third-order valence-electron chi connectivity index (χ3n) is 3.92. The highest BCUT2D eigenvalue weighted by molar-refractivity contribution is 7.89. The molecule has 0 saturated heterocycles. The topological polar surface area (TPSA) is 58.2 Å². The third-order valence-corrected chi connectivity index (χ3v) is 5.33. The fraction of sp³-hybridized carbons (Fsp3) is 1.00. The van der Waals surface area contributed by atoms with Crippen molar-refractivity contribution in [3.63, 3.8) is 0 Å². The van der Waals surface area contributed by atoms with Crippen LogP contribution in [0.5, 0.6) is 0 Å². The van der Waals surface area contributed by atoms with Gasteiger partial charge in [0.15, 0.2) is 0 Å². The SMILES string of the molecule is CC(C)NCCCS(=O)(=O)NCC1(C)CCCCC1. The fourth-order valence-corrected chi connectivity index (χ4v) is 3.83. The van der Waals surface area contributed by atoms with Crippen LogP contribution in [0, 0.1) is 5.41 Å². The lowest BCUT2D eigenvalue weighted by atomic mass is 9.76. The molecular formula is C14H30N2O2S. The Morgan fingerprint density at radius 3 is 2.37 bits per heavy atom. The summed E-state index contributed by atoms with van der Waals surface area (Å²) in [5.41, 5.74) is 0.168. The zero-order valence-corrected chi connectivity index (χ0v) is 13.5. The fourth-order valence-electron chi connectivity index (χ4n) is 2.59. The van der Waals surface area contributed by atoms with Gasteiger partial charge in [0.25, 0.3) is 0 Å². The normalized spacial score (nSPS) is 19.8. The molecule has 5 heteroatoms. The smallest absolute Gasteiger partial charge is 0.211 e. The van der Waals surface area contributed by atoms with Crippen LogP contribution in [0.25, 0.3) is 0 Å². The predicted molar refractivity (Wildman–Crippen MR) is 80.7 cm³/mol. The number of hydrogen-bond donors (Lipinski definition) is 2. The van der Waals surface area contributed by atoms with Crippen molar-refractivity contribution in [1.29, 1.82) is 0 Å². The quantitative estimate of drug-likeness (QED) is 0.674. The summed E-state index contributed by atoms with van der Waals surface area (Å²) in [7, 11) is -3.11. The van der Waals surface area contributed by atoms with Crippen LogP contribution < -0.4 is 10.0 Å². The lowest BCUT2D eigenvalue weighted by Crippen LogP contribution is -2.38. The molecule has 0 spiro atoms. The Labute approximate surface area is 118 Å². The van der Waals surface area contributed by atoms with Crippen LogP contribution in [0.4, 0.5) is 0 Å². The van der Waals surface area contributed by atoms with Gasteiger partial charge in [-0.25, -0.2) is 13.1 Å². The molecule has 1 saturated carbocycles. The van der Waals surface area contributed by atoms with Gasteiger partial charge in [0.1, 0.15) is 0 Å². The van der Waals surface area contributed by atoms with Crippen LogP contribution in [-0.4, -0.2) is 33.3 Å². The molecule has 2 N–H and O–H groups in total. The molecule has 19 heavy (non-hydrogen) atoms. The van der Waals surface area contributed by atoms with E-state index in [2.05, 4.69) is 30.8 Å². The first kappa shape index (κ1) is 16.9. The molecule has 0 aliphatic heterocycles. The van der Waals surface area contributed by atoms with Crippen LogP contribution in [0.1, 0.15) is 59.3 Å². The molecule has 0 atom stereocenters. The summed E-state index contributed by atoms with van der Waals surface area (Å²) in [4.78, 5) is 0. The second-order valence-electron chi connectivity index (χ2n) is 6.47. The van der Waals surface area contributed by atoms with Crippen molar-refractivity contribution in [1.82, 2.24) is 10.0 Å². The van der Waals surface area contributed by atoms with Gasteiger partial charge in [-0.2, -0.15) is 0 Å². The Balaban J connectivity index is 2.26. The Kier molecular flexibility index (Phi) is 6.77. The van der Waals surface area contributed by atoms with E-state index in [9.17, 15) is 8.42 Å². The van der Waals surface area contributed by atoms with Crippen molar-refractivity contribution in [2.75, 3.05) is 18.8 Å². The number of rotatable bonds is 8. The van der Waals surface area contributed by atoms with Crippen LogP contribution in [0.2, 0.25) is 0 Å². The second kappa shape index (κ2) is 7.60. The van der Waals surface area contributed by atoms with Gasteiger partial charge in [-0.3, -0.25) is 0 Å². The van der Waals surface area contributed by atoms with E-state index in [4.69, 9.17) is 0 Å². The average Bonchev–Trinajstić information content (AvgIpc) is 2.34. The maximum atomic E-state index is 11.9. The molecule has 0 aromatic heterocycles. The minimum absolute atomic E-state index is 0.168. The zero-order chi connectivity index (χ0) is 14.4. The van der Waals surface area contributed by atoms with Crippen molar-refractivity contribution >= 4 is 10.0 Å². The Bertz CT molecular complexity index is 346. The summed E-state index contributed by atoms with van der Waals surface area (Å²) >= 11 is 0. The van der Waals surface area contributed by atoms with E-state index in [0.29, 0.717) is 19.0 Å². The lowest BCUT2D eigenvalue weighted by Gasteiger charge is -2.33. The first-order valence-electron chi connectivity index (χ1n) is 7.54. The van der Waals surface area contributed by atoms with Gasteiger partial charge in [-0.1, -0.05) is 40.0 Å². The summed E-state index contributed by atoms with van der Waals surface area (Å²) in [6.07, 6.45) is 6.72. The summed E-state index contributed by atoms with van der Waals surface area (Å²) < 4.78 is 26.6. The van der Waals surface area contributed by atoms with Crippen molar-refractivity contribution in [3.05, 3.63) is 0 Å². The van der Waals surface area contributed by atoms with Gasteiger partial charge in [-0.05, 0) is 31.2 Å². The van der Waals surface area contributed by atoms with Crippen molar-refractivity contribution in [2.24, 2.45) is 5.41 Å². The van der Waals surface area contributed by atoms with Crippen LogP contribution in [0.15, 0.2) is 0 Å². The molecule has 0 aromatic rings. The number of hydrogen-bond acceptors (Lipinski definition) is 3. The number of sulfonamides is 1. The van der Waals surface area contributed by atoms with Gasteiger partial charge in [0.2, 0.25) is 10.0 Å². The maximum Gasteiger partial charge on any atom is 0.211 e. The highest BCUT2D eigenvalue weighted by Crippen LogP contribution is 2.35. The van der Waals surface area contributed by atoms with Crippen LogP contribution in [0.3, 0.4) is 0 Å². The molecule has 0 heterocycles. The Hall–Kier alpha value is -0.130. The van der Waals surface area contributed by atoms with Crippen molar-refractivity contribution in [3.8, 4) is 0 Å². The molecule has 0 amide bonds. The van der Waals surface area contributed by atoms with Crippen molar-refractivity contribution in [2.45, 2.75) is 65.3 Å². The van der Waals surface area contributed by atoms with E-state index in [1.54, 1.807) is 0 Å². The van der Waals surface area contributed by atoms with Gasteiger partial charge < -0.3 is 5.32 Å². The van der Waals surface area contributed by atoms with E-state index < -0.39 is 10.0 Å². The molecule has 0 bridgehead atoms. The van der Waals surface area contributed by atoms with E-state index in [1.165, 1.54) is 19.3 Å². The first-order chi connectivity index (χ1) is 8.83. The first-order valence-corrected chi connectivity index (χ1v) is 9.19. The Morgan fingerprint density at radius 1 is 1.16 bits per heavy atom. The summed E-state index contributed by atoms with van der Waals surface area (Å²) in [6.45, 7) is 7.70. The third kappa shape index (κ3) is 7.28. The van der Waals surface area contributed by atoms with Crippen LogP contribution in [-0.2, 0) is 10.0 Å². The molecule has 1 aliphatic rings. The summed E-state index contributed by atoms with van der Waals surface area (Å²) in [5, 5.41) is 3.24. The highest BCUT2D eigenvalue weighted by atomic mass is 32.2. The maximum absolute atomic E-state index is 11.9. The summed E-state index contributed by atoms with van der Waals surface area (Å²) in [6, 6.07) is 0.414. The van der Waals surface area contributed by atoms with E-state index in [0.717, 1.165) is 19.4 Å². The minimum Gasteiger partial charge on any atom is -0.314 e. The van der Waals surface area contributed by atoms with Gasteiger partial charge in [0, 0.05) is 12.6 Å². The molecule has 0 radical (unpaired) electrons. The van der Waals surface area contributed by atoms with Gasteiger partial charge >= 0.3 is 0 Å². The van der Waals surface area contributed by atoms with Gasteiger partial charge in [-0.15, -0.1) is 0 Å². The number of nitrogens with one attached hydrogen (secondary N) is 2. The molecule has 114 valence electrons. The summed E-state index contributed by atoms with van der Waals surface area (Å²) in [5.74, 6) is 0.225.